The van der Waals surface area contributed by atoms with Crippen LogP contribution in [0.15, 0.2) is 338 Å². The first-order valence-electron chi connectivity index (χ1n) is 32.1. The lowest BCUT2D eigenvalue weighted by atomic mass is 9.72. The molecule has 0 saturated carbocycles. The molecule has 4 heterocycles. The van der Waals surface area contributed by atoms with Crippen LogP contribution >= 0.6 is 15.9 Å². The van der Waals surface area contributed by atoms with Crippen molar-refractivity contribution in [3.05, 3.63) is 320 Å². The van der Waals surface area contributed by atoms with Crippen molar-refractivity contribution in [1.82, 2.24) is 0 Å². The van der Waals surface area contributed by atoms with Crippen LogP contribution in [0.25, 0.3) is 186 Å². The molecule has 0 atom stereocenters. The molecule has 0 bridgehead atoms. The van der Waals surface area contributed by atoms with Crippen LogP contribution in [-0.2, 0) is 0 Å². The summed E-state index contributed by atoms with van der Waals surface area (Å²) in [6, 6.07) is 109. The standard InChI is InChI=1S/C44H26O2.C24H13BrO2.C20H15BO2/c1-2-12-27(13-3-1)41-31-15-4-6-17-33(31)42(34-18-7-5-16-32(34)41)36-24-23-29(44-43(36)35-19-9-11-21-39(35)46-44)28-22-25-40-37(26-28)30-14-8-10-20-38(30)45-40;25-19-11-10-15(24-23(19)17-6-2-4-8-21(17)27-24)14-9-12-22-18(13-14)16-5-1-3-7-20(16)26-22;22-21(23)20-17-12-6-4-10-15(17)19(14-8-2-1-3-9-14)16-11-5-7-13-18(16)20/h1-26H;1-13H;1-13,22-23H. The van der Waals surface area contributed by atoms with E-state index in [1.165, 1.54) is 43.8 Å². The van der Waals surface area contributed by atoms with E-state index in [2.05, 4.69) is 204 Å². The molecule has 0 unspecified atom stereocenters. The number of para-hydroxylation sites is 4. The average Bonchev–Trinajstić information content (AvgIpc) is 1.24. The summed E-state index contributed by atoms with van der Waals surface area (Å²) in [5.41, 5.74) is 19.2. The van der Waals surface area contributed by atoms with E-state index in [0.717, 1.165) is 147 Å². The van der Waals surface area contributed by atoms with E-state index in [-0.39, 0.29) is 0 Å². The Balaban J connectivity index is 0.000000114. The van der Waals surface area contributed by atoms with E-state index in [9.17, 15) is 10.0 Å². The molecule has 0 fully saturated rings. The summed E-state index contributed by atoms with van der Waals surface area (Å²) < 4.78 is 26.2. The Labute approximate surface area is 559 Å². The van der Waals surface area contributed by atoms with Crippen molar-refractivity contribution in [2.75, 3.05) is 0 Å². The highest BCUT2D eigenvalue weighted by Crippen LogP contribution is 2.50. The van der Waals surface area contributed by atoms with Gasteiger partial charge in [-0.15, -0.1) is 0 Å². The minimum atomic E-state index is -1.50. The lowest BCUT2D eigenvalue weighted by Gasteiger charge is -2.18. The van der Waals surface area contributed by atoms with E-state index in [1.54, 1.807) is 0 Å². The van der Waals surface area contributed by atoms with Crippen molar-refractivity contribution >= 4 is 159 Å². The van der Waals surface area contributed by atoms with Gasteiger partial charge in [0, 0.05) is 58.7 Å². The van der Waals surface area contributed by atoms with Crippen molar-refractivity contribution in [3.63, 3.8) is 0 Å². The van der Waals surface area contributed by atoms with Gasteiger partial charge in [0.05, 0.1) is 0 Å². The fourth-order valence-corrected chi connectivity index (χ4v) is 15.3. The molecule has 16 aromatic carbocycles. The zero-order valence-electron chi connectivity index (χ0n) is 51.5. The van der Waals surface area contributed by atoms with Crippen LogP contribution < -0.4 is 5.46 Å². The summed E-state index contributed by atoms with van der Waals surface area (Å²) in [5, 5.41) is 37.6. The molecular weight excluding hydrogens is 1240 g/mol. The normalized spacial score (nSPS) is 11.7. The first kappa shape index (κ1) is 56.9. The highest BCUT2D eigenvalue weighted by molar-refractivity contribution is 9.10. The fraction of sp³-hybridized carbons (Fsp3) is 0. The van der Waals surface area contributed by atoms with E-state index in [0.29, 0.717) is 5.46 Å². The van der Waals surface area contributed by atoms with Gasteiger partial charge in [-0.25, -0.2) is 0 Å². The summed E-state index contributed by atoms with van der Waals surface area (Å²) in [7, 11) is -1.50. The molecule has 2 N–H and O–H groups in total. The second-order valence-electron chi connectivity index (χ2n) is 24.3. The molecule has 0 aliphatic carbocycles. The predicted molar refractivity (Wildman–Crippen MR) is 403 cm³/mol. The maximum Gasteiger partial charge on any atom is 0.489 e. The quantitative estimate of drug-likeness (QED) is 0.127. The summed E-state index contributed by atoms with van der Waals surface area (Å²) in [4.78, 5) is 0. The number of hydrogen-bond donors (Lipinski definition) is 2. The van der Waals surface area contributed by atoms with Gasteiger partial charge in [0.15, 0.2) is 0 Å². The predicted octanol–water partition coefficient (Wildman–Crippen LogP) is 24.0. The Hall–Kier alpha value is -11.8. The minimum absolute atomic E-state index is 0.566. The summed E-state index contributed by atoms with van der Waals surface area (Å²) in [6.07, 6.45) is 0. The first-order chi connectivity index (χ1) is 47.4. The van der Waals surface area contributed by atoms with Crippen LogP contribution in [0, 0.1) is 0 Å². The monoisotopic (exact) mass is 1300 g/mol. The number of fused-ring (bicyclic) bond motifs is 16. The molecule has 0 radical (unpaired) electrons. The Bertz CT molecular complexity index is 6340. The summed E-state index contributed by atoms with van der Waals surface area (Å²) in [5.74, 6) is 0. The SMILES string of the molecule is Brc1ccc(-c2ccc3oc4ccccc4c3c2)c2oc3ccccc3c12.OB(O)c1c2ccccc2c(-c2ccccc2)c2ccccc12.c1ccc(-c2c3ccccc3c(-c3ccc(-c4ccc5oc6ccccc6c5c4)c4oc5ccccc5c34)c3ccccc23)cc1. The molecule has 8 heteroatoms. The average molecular weight is 1300 g/mol. The van der Waals surface area contributed by atoms with Crippen molar-refractivity contribution in [2.45, 2.75) is 0 Å². The third-order valence-corrected chi connectivity index (χ3v) is 19.6. The van der Waals surface area contributed by atoms with Gasteiger partial charge in [-0.1, -0.05) is 265 Å². The topological polar surface area (TPSA) is 93.0 Å². The van der Waals surface area contributed by atoms with Gasteiger partial charge < -0.3 is 27.7 Å². The van der Waals surface area contributed by atoms with Gasteiger partial charge in [0.25, 0.3) is 0 Å². The highest BCUT2D eigenvalue weighted by Gasteiger charge is 2.25. The Morgan fingerprint density at radius 1 is 0.229 bits per heavy atom. The van der Waals surface area contributed by atoms with Crippen LogP contribution in [0.3, 0.4) is 0 Å². The van der Waals surface area contributed by atoms with Gasteiger partial charge >= 0.3 is 7.12 Å². The van der Waals surface area contributed by atoms with Crippen molar-refractivity contribution in [1.29, 1.82) is 0 Å². The molecule has 0 aliphatic rings. The fourth-order valence-electron chi connectivity index (χ4n) is 14.8. The van der Waals surface area contributed by atoms with Crippen LogP contribution in [0.1, 0.15) is 0 Å². The lowest BCUT2D eigenvalue weighted by Crippen LogP contribution is -2.31. The number of benzene rings is 16. The van der Waals surface area contributed by atoms with Crippen molar-refractivity contribution < 1.29 is 27.7 Å². The zero-order valence-corrected chi connectivity index (χ0v) is 53.1. The maximum atomic E-state index is 9.94. The van der Waals surface area contributed by atoms with Crippen molar-refractivity contribution in [3.8, 4) is 55.6 Å². The molecular formula is C88H54BBrO6. The zero-order chi connectivity index (χ0) is 64.0. The smallest absolute Gasteiger partial charge is 0.456 e. The molecule has 0 spiro atoms. The summed E-state index contributed by atoms with van der Waals surface area (Å²) in [6.45, 7) is 0. The Morgan fingerprint density at radius 2 is 0.542 bits per heavy atom. The Morgan fingerprint density at radius 3 is 0.979 bits per heavy atom. The third kappa shape index (κ3) is 9.40. The second kappa shape index (κ2) is 23.4. The number of halogens is 1. The van der Waals surface area contributed by atoms with E-state index < -0.39 is 7.12 Å². The van der Waals surface area contributed by atoms with Gasteiger partial charge in [-0.05, 0) is 160 Å². The van der Waals surface area contributed by atoms with Crippen LogP contribution in [0.4, 0.5) is 0 Å². The molecule has 96 heavy (non-hydrogen) atoms. The van der Waals surface area contributed by atoms with Crippen molar-refractivity contribution in [2.24, 2.45) is 0 Å². The third-order valence-electron chi connectivity index (χ3n) is 18.9. The molecule has 0 saturated heterocycles. The molecule has 6 nitrogen and oxygen atoms in total. The largest absolute Gasteiger partial charge is 0.489 e. The molecule has 0 aliphatic heterocycles. The minimum Gasteiger partial charge on any atom is -0.456 e. The molecule has 20 rings (SSSR count). The second-order valence-corrected chi connectivity index (χ2v) is 25.2. The van der Waals surface area contributed by atoms with Crippen LogP contribution in [-0.4, -0.2) is 17.2 Å². The number of furan rings is 4. The maximum absolute atomic E-state index is 9.94. The lowest BCUT2D eigenvalue weighted by molar-refractivity contribution is 0.426. The van der Waals surface area contributed by atoms with E-state index >= 15 is 0 Å². The van der Waals surface area contributed by atoms with Gasteiger partial charge in [-0.3, -0.25) is 0 Å². The van der Waals surface area contributed by atoms with Gasteiger partial charge in [-0.2, -0.15) is 0 Å². The van der Waals surface area contributed by atoms with E-state index in [1.807, 2.05) is 127 Å². The molecule has 452 valence electrons. The summed E-state index contributed by atoms with van der Waals surface area (Å²) >= 11 is 3.70. The van der Waals surface area contributed by atoms with Crippen LogP contribution in [0.5, 0.6) is 0 Å². The van der Waals surface area contributed by atoms with Gasteiger partial charge in [0.2, 0.25) is 0 Å². The number of rotatable bonds is 6. The van der Waals surface area contributed by atoms with Crippen LogP contribution in [0.2, 0.25) is 0 Å². The molecule has 4 aromatic heterocycles. The first-order valence-corrected chi connectivity index (χ1v) is 32.9. The van der Waals surface area contributed by atoms with E-state index in [4.69, 9.17) is 17.7 Å². The molecule has 20 aromatic rings. The highest BCUT2D eigenvalue weighted by atomic mass is 79.9. The number of hydrogen-bond acceptors (Lipinski definition) is 6. The Kier molecular flexibility index (Phi) is 13.8. The molecule has 0 amide bonds. The van der Waals surface area contributed by atoms with Gasteiger partial charge in [0.1, 0.15) is 44.7 Å².